The summed E-state index contributed by atoms with van der Waals surface area (Å²) in [5.41, 5.74) is 0. The van der Waals surface area contributed by atoms with Gasteiger partial charge in [-0.05, 0) is 36.4 Å². The van der Waals surface area contributed by atoms with Crippen molar-refractivity contribution < 1.29 is 18.3 Å². The number of hydrogen-bond acceptors (Lipinski definition) is 4. The van der Waals surface area contributed by atoms with Crippen LogP contribution in [0.5, 0.6) is 23.0 Å². The average molecular weight is 429 g/mol. The van der Waals surface area contributed by atoms with Crippen LogP contribution in [-0.2, 0) is 8.85 Å². The summed E-state index contributed by atoms with van der Waals surface area (Å²) in [7, 11) is 0.207. The fourth-order valence-electron chi connectivity index (χ4n) is 3.55. The van der Waals surface area contributed by atoms with Crippen LogP contribution in [0.3, 0.4) is 0 Å². The predicted molar refractivity (Wildman–Crippen MR) is 125 cm³/mol. The van der Waals surface area contributed by atoms with E-state index < -0.39 is 8.56 Å². The summed E-state index contributed by atoms with van der Waals surface area (Å²) in [6.07, 6.45) is 0. The minimum atomic E-state index is -3.14. The van der Waals surface area contributed by atoms with E-state index >= 15 is 0 Å². The highest BCUT2D eigenvalue weighted by Crippen LogP contribution is 2.26. The van der Waals surface area contributed by atoms with E-state index in [1.54, 1.807) is 14.2 Å². The number of para-hydroxylation sites is 4. The Kier molecular flexibility index (Phi) is 6.48. The van der Waals surface area contributed by atoms with E-state index in [0.29, 0.717) is 11.5 Å². The lowest BCUT2D eigenvalue weighted by Crippen LogP contribution is -2.62. The minimum Gasteiger partial charge on any atom is -0.457 e. The molecule has 0 unspecified atom stereocenters. The Hall–Kier alpha value is -3.38. The molecule has 4 rings (SSSR count). The molecule has 4 aromatic rings. The second-order valence-corrected chi connectivity index (χ2v) is 9.97. The van der Waals surface area contributed by atoms with Crippen molar-refractivity contribution in [3.63, 3.8) is 0 Å². The van der Waals surface area contributed by atoms with E-state index in [4.69, 9.17) is 18.3 Å². The molecule has 0 atom stereocenters. The molecule has 4 aromatic carbocycles. The van der Waals surface area contributed by atoms with Gasteiger partial charge in [0.2, 0.25) is 0 Å². The molecule has 0 aliphatic carbocycles. The maximum atomic E-state index is 6.23. The normalized spacial score (nSPS) is 11.2. The topological polar surface area (TPSA) is 36.9 Å². The van der Waals surface area contributed by atoms with Crippen LogP contribution in [0.25, 0.3) is 0 Å². The zero-order chi connectivity index (χ0) is 21.5. The first-order valence-electron chi connectivity index (χ1n) is 10.0. The number of rotatable bonds is 8. The van der Waals surface area contributed by atoms with Gasteiger partial charge in [-0.1, -0.05) is 72.8 Å². The van der Waals surface area contributed by atoms with Crippen LogP contribution in [0.4, 0.5) is 0 Å². The minimum absolute atomic E-state index is 0.693. The van der Waals surface area contributed by atoms with Crippen molar-refractivity contribution in [2.75, 3.05) is 14.2 Å². The van der Waals surface area contributed by atoms with Gasteiger partial charge in [0.25, 0.3) is 0 Å². The maximum absolute atomic E-state index is 6.23. The Morgan fingerprint density at radius 3 is 1.19 bits per heavy atom. The summed E-state index contributed by atoms with van der Waals surface area (Å²) in [5, 5.41) is 1.74. The van der Waals surface area contributed by atoms with Gasteiger partial charge < -0.3 is 18.3 Å². The van der Waals surface area contributed by atoms with Gasteiger partial charge in [-0.25, -0.2) is 0 Å². The van der Waals surface area contributed by atoms with Crippen molar-refractivity contribution in [1.82, 2.24) is 0 Å². The summed E-state index contributed by atoms with van der Waals surface area (Å²) in [5.74, 6) is 2.88. The second-order valence-electron chi connectivity index (χ2n) is 6.85. The third kappa shape index (κ3) is 4.39. The van der Waals surface area contributed by atoms with Crippen LogP contribution in [-0.4, -0.2) is 22.8 Å². The van der Waals surface area contributed by atoms with Gasteiger partial charge in [0, 0.05) is 24.6 Å². The highest BCUT2D eigenvalue weighted by Gasteiger charge is 2.45. The van der Waals surface area contributed by atoms with Crippen LogP contribution in [0, 0.1) is 0 Å². The van der Waals surface area contributed by atoms with E-state index in [1.807, 2.05) is 109 Å². The largest absolute Gasteiger partial charge is 0.457 e. The Morgan fingerprint density at radius 2 is 0.806 bits per heavy atom. The second kappa shape index (κ2) is 9.62. The van der Waals surface area contributed by atoms with Crippen molar-refractivity contribution >= 4 is 18.9 Å². The van der Waals surface area contributed by atoms with Crippen LogP contribution in [0.15, 0.2) is 109 Å². The van der Waals surface area contributed by atoms with Gasteiger partial charge >= 0.3 is 8.56 Å². The Balaban J connectivity index is 1.81. The fourth-order valence-corrected chi connectivity index (χ4v) is 6.44. The molecule has 31 heavy (non-hydrogen) atoms. The molecule has 0 saturated carbocycles. The molecule has 0 aromatic heterocycles. The monoisotopic (exact) mass is 428 g/mol. The highest BCUT2D eigenvalue weighted by atomic mass is 28.4. The average Bonchev–Trinajstić information content (AvgIpc) is 2.83. The number of ether oxygens (including phenoxy) is 2. The molecule has 0 bridgehead atoms. The first kappa shape index (κ1) is 20.9. The van der Waals surface area contributed by atoms with Gasteiger partial charge in [0.15, 0.2) is 0 Å². The smallest absolute Gasteiger partial charge is 0.414 e. The van der Waals surface area contributed by atoms with Gasteiger partial charge in [-0.3, -0.25) is 0 Å². The zero-order valence-electron chi connectivity index (χ0n) is 17.5. The summed E-state index contributed by atoms with van der Waals surface area (Å²) < 4.78 is 24.8. The number of benzene rings is 4. The van der Waals surface area contributed by atoms with Crippen LogP contribution >= 0.6 is 0 Å². The summed E-state index contributed by atoms with van der Waals surface area (Å²) >= 11 is 0. The van der Waals surface area contributed by atoms with Gasteiger partial charge in [-0.2, -0.15) is 0 Å². The molecule has 0 fully saturated rings. The fraction of sp³-hybridized carbons (Fsp3) is 0.0769. The first-order valence-corrected chi connectivity index (χ1v) is 11.8. The van der Waals surface area contributed by atoms with Crippen molar-refractivity contribution in [1.29, 1.82) is 0 Å². The van der Waals surface area contributed by atoms with E-state index in [1.165, 1.54) is 0 Å². The van der Waals surface area contributed by atoms with Crippen LogP contribution in [0.1, 0.15) is 0 Å². The molecular formula is C26H24O4Si. The lowest BCUT2D eigenvalue weighted by Gasteiger charge is -2.30. The lowest BCUT2D eigenvalue weighted by atomic mass is 10.3. The molecule has 0 N–H and O–H groups in total. The molecule has 0 saturated heterocycles. The summed E-state index contributed by atoms with van der Waals surface area (Å²) in [6, 6.07) is 35.1. The maximum Gasteiger partial charge on any atom is 0.414 e. The van der Waals surface area contributed by atoms with Crippen molar-refractivity contribution in [2.24, 2.45) is 0 Å². The lowest BCUT2D eigenvalue weighted by molar-refractivity contribution is 0.270. The van der Waals surface area contributed by atoms with E-state index in [-0.39, 0.29) is 0 Å². The molecule has 156 valence electrons. The van der Waals surface area contributed by atoms with Crippen molar-refractivity contribution in [3.8, 4) is 23.0 Å². The molecule has 4 nitrogen and oxygen atoms in total. The van der Waals surface area contributed by atoms with Crippen LogP contribution in [0.2, 0.25) is 0 Å². The third-order valence-electron chi connectivity index (χ3n) is 5.00. The quantitative estimate of drug-likeness (QED) is 0.365. The van der Waals surface area contributed by atoms with E-state index in [9.17, 15) is 0 Å². The Bertz CT molecular complexity index is 1030. The SMILES string of the molecule is CO[Si](OC)(c1ccccc1Oc1ccccc1)c1ccccc1Oc1ccccc1. The molecule has 0 aliphatic rings. The van der Waals surface area contributed by atoms with Crippen LogP contribution < -0.4 is 19.8 Å². The standard InChI is InChI=1S/C26H24O4Si/c1-27-31(28-2,25-19-11-9-17-23(25)29-21-13-5-3-6-14-21)26-20-12-10-18-24(26)30-22-15-7-4-8-16-22/h3-20H,1-2H3. The highest BCUT2D eigenvalue weighted by molar-refractivity contribution is 6.93. The summed E-state index contributed by atoms with van der Waals surface area (Å²) in [4.78, 5) is 0. The Labute approximate surface area is 183 Å². The number of hydrogen-bond donors (Lipinski definition) is 0. The van der Waals surface area contributed by atoms with Crippen molar-refractivity contribution in [2.45, 2.75) is 0 Å². The first-order chi connectivity index (χ1) is 15.3. The molecule has 0 amide bonds. The summed E-state index contributed by atoms with van der Waals surface area (Å²) in [6.45, 7) is 0. The molecule has 0 aliphatic heterocycles. The molecule has 0 heterocycles. The van der Waals surface area contributed by atoms with Gasteiger partial charge in [0.1, 0.15) is 23.0 Å². The van der Waals surface area contributed by atoms with Gasteiger partial charge in [0.05, 0.1) is 0 Å². The van der Waals surface area contributed by atoms with E-state index in [2.05, 4.69) is 0 Å². The molecule has 5 heteroatoms. The molecule has 0 radical (unpaired) electrons. The van der Waals surface area contributed by atoms with E-state index in [0.717, 1.165) is 21.9 Å². The Morgan fingerprint density at radius 1 is 0.452 bits per heavy atom. The molecular weight excluding hydrogens is 404 g/mol. The third-order valence-corrected chi connectivity index (χ3v) is 8.39. The predicted octanol–water partition coefficient (Wildman–Crippen LogP) is 5.12. The van der Waals surface area contributed by atoms with Gasteiger partial charge in [-0.15, -0.1) is 0 Å². The zero-order valence-corrected chi connectivity index (χ0v) is 18.5. The molecule has 0 spiro atoms. The van der Waals surface area contributed by atoms with Crippen molar-refractivity contribution in [3.05, 3.63) is 109 Å².